The van der Waals surface area contributed by atoms with Crippen LogP contribution in [0.25, 0.3) is 0 Å². The maximum atomic E-state index is 12.8. The van der Waals surface area contributed by atoms with Gasteiger partial charge in [-0.1, -0.05) is 6.08 Å². The largest absolute Gasteiger partial charge is 0.493 e. The molecule has 132 valence electrons. The lowest BCUT2D eigenvalue weighted by Crippen LogP contribution is -2.37. The van der Waals surface area contributed by atoms with Gasteiger partial charge in [0, 0.05) is 24.2 Å². The van der Waals surface area contributed by atoms with Gasteiger partial charge in [0.2, 0.25) is 0 Å². The van der Waals surface area contributed by atoms with Crippen LogP contribution in [0.2, 0.25) is 0 Å². The molecule has 1 aromatic rings. The van der Waals surface area contributed by atoms with Gasteiger partial charge >= 0.3 is 0 Å². The molecule has 1 fully saturated rings. The maximum Gasteiger partial charge on any atom is 0.254 e. The molecule has 2 rings (SSSR count). The maximum absolute atomic E-state index is 12.8. The monoisotopic (exact) mass is 353 g/mol. The van der Waals surface area contributed by atoms with E-state index < -0.39 is 9.84 Å². The van der Waals surface area contributed by atoms with E-state index in [1.807, 2.05) is 0 Å². The Morgan fingerprint density at radius 3 is 2.58 bits per heavy atom. The van der Waals surface area contributed by atoms with E-state index in [9.17, 15) is 13.2 Å². The lowest BCUT2D eigenvalue weighted by atomic mass is 10.0. The van der Waals surface area contributed by atoms with Gasteiger partial charge in [-0.05, 0) is 25.0 Å². The Hall–Kier alpha value is -2.02. The number of nitrogens with zero attached hydrogens (tertiary/aromatic N) is 1. The second kappa shape index (κ2) is 7.25. The van der Waals surface area contributed by atoms with Gasteiger partial charge in [0.05, 0.1) is 25.7 Å². The van der Waals surface area contributed by atoms with Gasteiger partial charge in [0.1, 0.15) is 0 Å². The topological polar surface area (TPSA) is 72.9 Å². The summed E-state index contributed by atoms with van der Waals surface area (Å²) in [6, 6.07) is 3.07. The van der Waals surface area contributed by atoms with Crippen LogP contribution >= 0.6 is 0 Å². The third-order valence-electron chi connectivity index (χ3n) is 4.24. The van der Waals surface area contributed by atoms with E-state index in [0.717, 1.165) is 5.56 Å². The van der Waals surface area contributed by atoms with E-state index in [1.165, 1.54) is 12.0 Å². The molecular formula is C17H23NO5S. The van der Waals surface area contributed by atoms with Crippen LogP contribution < -0.4 is 9.47 Å². The summed E-state index contributed by atoms with van der Waals surface area (Å²) in [5.74, 6) is 0.946. The molecule has 0 aliphatic carbocycles. The third-order valence-corrected chi connectivity index (χ3v) is 5.99. The van der Waals surface area contributed by atoms with Crippen LogP contribution in [0.5, 0.6) is 11.5 Å². The zero-order valence-corrected chi connectivity index (χ0v) is 15.1. The Kier molecular flexibility index (Phi) is 5.54. The van der Waals surface area contributed by atoms with Crippen LogP contribution in [-0.4, -0.2) is 58.0 Å². The van der Waals surface area contributed by atoms with E-state index >= 15 is 0 Å². The van der Waals surface area contributed by atoms with E-state index in [0.29, 0.717) is 29.9 Å². The van der Waals surface area contributed by atoms with Crippen molar-refractivity contribution in [1.29, 1.82) is 0 Å². The second-order valence-corrected chi connectivity index (χ2v) is 8.07. The lowest BCUT2D eigenvalue weighted by molar-refractivity contribution is 0.0747. The van der Waals surface area contributed by atoms with Crippen LogP contribution in [0.15, 0.2) is 24.8 Å². The normalized spacial score (nSPS) is 18.9. The summed E-state index contributed by atoms with van der Waals surface area (Å²) in [6.45, 7) is 3.72. The first-order valence-electron chi connectivity index (χ1n) is 7.66. The van der Waals surface area contributed by atoms with E-state index in [1.54, 1.807) is 32.4 Å². The summed E-state index contributed by atoms with van der Waals surface area (Å²) in [5.41, 5.74) is 1.24. The molecule has 1 saturated heterocycles. The van der Waals surface area contributed by atoms with Crippen molar-refractivity contribution in [2.45, 2.75) is 18.9 Å². The SMILES string of the molecule is C=CCc1cc(C(=O)N(C)C2CCS(=O)(=O)C2)cc(OC)c1OC. The summed E-state index contributed by atoms with van der Waals surface area (Å²) in [6.07, 6.45) is 2.72. The van der Waals surface area contributed by atoms with Crippen molar-refractivity contribution in [3.05, 3.63) is 35.9 Å². The van der Waals surface area contributed by atoms with Crippen molar-refractivity contribution in [1.82, 2.24) is 4.90 Å². The predicted molar refractivity (Wildman–Crippen MR) is 92.6 cm³/mol. The van der Waals surface area contributed by atoms with Gasteiger partial charge < -0.3 is 14.4 Å². The number of allylic oxidation sites excluding steroid dienone is 1. The van der Waals surface area contributed by atoms with Gasteiger partial charge in [0.25, 0.3) is 5.91 Å². The molecule has 0 saturated carbocycles. The molecule has 24 heavy (non-hydrogen) atoms. The molecule has 7 heteroatoms. The number of methoxy groups -OCH3 is 2. The van der Waals surface area contributed by atoms with E-state index in [-0.39, 0.29) is 23.5 Å². The van der Waals surface area contributed by atoms with Crippen molar-refractivity contribution >= 4 is 15.7 Å². The van der Waals surface area contributed by atoms with Crippen LogP contribution in [0.3, 0.4) is 0 Å². The Morgan fingerprint density at radius 2 is 2.08 bits per heavy atom. The number of sulfone groups is 1. The fourth-order valence-electron chi connectivity index (χ4n) is 2.92. The molecule has 0 radical (unpaired) electrons. The third kappa shape index (κ3) is 3.72. The average molecular weight is 353 g/mol. The smallest absolute Gasteiger partial charge is 0.254 e. The molecule has 6 nitrogen and oxygen atoms in total. The van der Waals surface area contributed by atoms with Crippen molar-refractivity contribution < 1.29 is 22.7 Å². The lowest BCUT2D eigenvalue weighted by Gasteiger charge is -2.24. The molecule has 1 aromatic carbocycles. The van der Waals surface area contributed by atoms with Crippen molar-refractivity contribution in [3.63, 3.8) is 0 Å². The molecular weight excluding hydrogens is 330 g/mol. The minimum atomic E-state index is -3.05. The quantitative estimate of drug-likeness (QED) is 0.728. The molecule has 1 atom stereocenters. The van der Waals surface area contributed by atoms with Gasteiger partial charge in [-0.3, -0.25) is 4.79 Å². The summed E-state index contributed by atoms with van der Waals surface area (Å²) in [5, 5.41) is 0. The fraction of sp³-hybridized carbons (Fsp3) is 0.471. The number of hydrogen-bond donors (Lipinski definition) is 0. The summed E-state index contributed by atoms with van der Waals surface area (Å²) in [4.78, 5) is 14.3. The first kappa shape index (κ1) is 18.3. The second-order valence-electron chi connectivity index (χ2n) is 5.84. The first-order chi connectivity index (χ1) is 11.3. The number of carbonyl (C=O) groups excluding carboxylic acids is 1. The van der Waals surface area contributed by atoms with Crippen molar-refractivity contribution in [3.8, 4) is 11.5 Å². The number of carbonyl (C=O) groups is 1. The summed E-state index contributed by atoms with van der Waals surface area (Å²) < 4.78 is 34.0. The summed E-state index contributed by atoms with van der Waals surface area (Å²) >= 11 is 0. The zero-order valence-electron chi connectivity index (χ0n) is 14.2. The van der Waals surface area contributed by atoms with E-state index in [4.69, 9.17) is 9.47 Å². The molecule has 1 aliphatic rings. The molecule has 0 spiro atoms. The molecule has 0 N–H and O–H groups in total. The predicted octanol–water partition coefficient (Wildman–Crippen LogP) is 1.69. The van der Waals surface area contributed by atoms with Gasteiger partial charge in [0.15, 0.2) is 21.3 Å². The van der Waals surface area contributed by atoms with Crippen molar-refractivity contribution in [2.24, 2.45) is 0 Å². The number of benzene rings is 1. The minimum absolute atomic E-state index is 0.0159. The van der Waals surface area contributed by atoms with Gasteiger partial charge in [-0.2, -0.15) is 0 Å². The van der Waals surface area contributed by atoms with Crippen LogP contribution in [0.1, 0.15) is 22.3 Å². The minimum Gasteiger partial charge on any atom is -0.493 e. The Bertz CT molecular complexity index is 742. The standard InChI is InChI=1S/C17H23NO5S/c1-5-6-12-9-13(10-15(22-3)16(12)23-4)17(19)18(2)14-7-8-24(20,21)11-14/h5,9-10,14H,1,6-8,11H2,2-4H3. The highest BCUT2D eigenvalue weighted by molar-refractivity contribution is 7.91. The summed E-state index contributed by atoms with van der Waals surface area (Å²) in [7, 11) is 1.64. The van der Waals surface area contributed by atoms with Crippen LogP contribution in [0.4, 0.5) is 0 Å². The Morgan fingerprint density at radius 1 is 1.38 bits per heavy atom. The van der Waals surface area contributed by atoms with Crippen LogP contribution in [-0.2, 0) is 16.3 Å². The average Bonchev–Trinajstić information content (AvgIpc) is 2.92. The molecule has 0 aromatic heterocycles. The molecule has 1 aliphatic heterocycles. The van der Waals surface area contributed by atoms with Gasteiger partial charge in [-0.15, -0.1) is 6.58 Å². The Labute approximate surface area is 143 Å². The number of rotatable bonds is 6. The molecule has 1 amide bonds. The zero-order chi connectivity index (χ0) is 17.9. The van der Waals surface area contributed by atoms with E-state index in [2.05, 4.69) is 6.58 Å². The van der Waals surface area contributed by atoms with Crippen molar-refractivity contribution in [2.75, 3.05) is 32.8 Å². The fourth-order valence-corrected chi connectivity index (χ4v) is 4.70. The number of amides is 1. The molecule has 1 unspecified atom stereocenters. The number of ether oxygens (including phenoxy) is 2. The molecule has 1 heterocycles. The number of hydrogen-bond acceptors (Lipinski definition) is 5. The highest BCUT2D eigenvalue weighted by atomic mass is 32.2. The molecule has 0 bridgehead atoms. The Balaban J connectivity index is 2.35. The van der Waals surface area contributed by atoms with Crippen LogP contribution in [0, 0.1) is 0 Å². The highest BCUT2D eigenvalue weighted by Crippen LogP contribution is 2.34. The highest BCUT2D eigenvalue weighted by Gasteiger charge is 2.33. The van der Waals surface area contributed by atoms with Gasteiger partial charge in [-0.25, -0.2) is 8.42 Å². The first-order valence-corrected chi connectivity index (χ1v) is 9.48.